The first-order valence-corrected chi connectivity index (χ1v) is 12.2. The van der Waals surface area contributed by atoms with Gasteiger partial charge < -0.3 is 4.74 Å². The average molecular weight is 409 g/mol. The number of nitrogens with one attached hydrogen (secondary N) is 1. The van der Waals surface area contributed by atoms with Crippen molar-refractivity contribution in [3.8, 4) is 0 Å². The monoisotopic (exact) mass is 408 g/mol. The number of benzene rings is 2. The van der Waals surface area contributed by atoms with Gasteiger partial charge in [0.25, 0.3) is 0 Å². The van der Waals surface area contributed by atoms with Crippen LogP contribution < -0.4 is 4.72 Å². The molecule has 0 aromatic heterocycles. The van der Waals surface area contributed by atoms with E-state index in [9.17, 15) is 13.2 Å². The van der Waals surface area contributed by atoms with E-state index in [2.05, 4.69) is 4.72 Å². The van der Waals surface area contributed by atoms with Gasteiger partial charge in [-0.1, -0.05) is 48.0 Å². The molecule has 0 aliphatic heterocycles. The summed E-state index contributed by atoms with van der Waals surface area (Å²) in [6, 6.07) is 15.1. The molecule has 7 heteroatoms. The minimum Gasteiger partial charge on any atom is -0.462 e. The molecule has 2 rings (SSSR count). The zero-order valence-corrected chi connectivity index (χ0v) is 17.6. The molecule has 2 atom stereocenters. The van der Waals surface area contributed by atoms with Crippen molar-refractivity contribution in [2.24, 2.45) is 0 Å². The van der Waals surface area contributed by atoms with Crippen LogP contribution in [0.4, 0.5) is 0 Å². The highest BCUT2D eigenvalue weighted by atomic mass is 32.2. The summed E-state index contributed by atoms with van der Waals surface area (Å²) < 4.78 is 33.9. The van der Waals surface area contributed by atoms with E-state index in [1.807, 2.05) is 49.8 Å². The fourth-order valence-electron chi connectivity index (χ4n) is 2.74. The Kier molecular flexibility index (Phi) is 7.47. The fourth-order valence-corrected chi connectivity index (χ4v) is 5.29. The van der Waals surface area contributed by atoms with Crippen molar-refractivity contribution < 1.29 is 17.9 Å². The molecule has 0 unspecified atom stereocenters. The van der Waals surface area contributed by atoms with E-state index in [1.54, 1.807) is 31.2 Å². The molecule has 0 saturated heterocycles. The molecule has 0 radical (unpaired) electrons. The third-order valence-electron chi connectivity index (χ3n) is 4.10. The number of rotatable bonds is 8. The molecule has 2 aromatic rings. The third-order valence-corrected chi connectivity index (χ3v) is 7.04. The lowest BCUT2D eigenvalue weighted by Gasteiger charge is -2.24. The van der Waals surface area contributed by atoms with Crippen LogP contribution in [-0.4, -0.2) is 38.8 Å². The van der Waals surface area contributed by atoms with E-state index in [0.717, 1.165) is 11.1 Å². The molecule has 0 heterocycles. The number of hydrogen-bond donors (Lipinski definition) is 1. The van der Waals surface area contributed by atoms with E-state index in [1.165, 1.54) is 0 Å². The molecule has 1 N–H and O–H groups in total. The Bertz CT molecular complexity index is 849. The van der Waals surface area contributed by atoms with Gasteiger partial charge in [-0.15, -0.1) is 0 Å². The summed E-state index contributed by atoms with van der Waals surface area (Å²) in [5, 5.41) is -0.618. The smallest absolute Gasteiger partial charge is 0.361 e. The molecule has 146 valence electrons. The molecule has 0 saturated carbocycles. The second-order valence-electron chi connectivity index (χ2n) is 6.37. The average Bonchev–Trinajstić information content (AvgIpc) is 2.62. The summed E-state index contributed by atoms with van der Waals surface area (Å²) in [4.78, 5) is 12.8. The van der Waals surface area contributed by atoms with E-state index >= 15 is 0 Å². The molecule has 0 bridgehead atoms. The quantitative estimate of drug-likeness (QED) is 0.538. The Balaban J connectivity index is 2.46. The van der Waals surface area contributed by atoms with Crippen molar-refractivity contribution >= 4 is 26.9 Å². The fraction of sp³-hybridized carbons (Fsp3) is 0.350. The highest BCUT2D eigenvalue weighted by Gasteiger charge is 2.42. The van der Waals surface area contributed by atoms with Gasteiger partial charge >= 0.3 is 5.97 Å². The van der Waals surface area contributed by atoms with Crippen LogP contribution >= 0.6 is 0 Å². The van der Waals surface area contributed by atoms with Crippen molar-refractivity contribution in [1.29, 1.82) is 0 Å². The zero-order chi connectivity index (χ0) is 20.0. The molecule has 0 fully saturated rings. The van der Waals surface area contributed by atoms with Crippen molar-refractivity contribution in [3.05, 3.63) is 65.7 Å². The van der Waals surface area contributed by atoms with Gasteiger partial charge in [-0.25, -0.2) is 13.2 Å². The first-order valence-electron chi connectivity index (χ1n) is 8.63. The summed E-state index contributed by atoms with van der Waals surface area (Å²) in [7, 11) is -4.22. The Hall–Kier alpha value is -1.83. The SMILES string of the molecule is CCOC(=O)[C@@H]([C@H](NS(=O)(=O)c1ccc(C)cc1)c1ccccc1)[S+](C)C. The number of esters is 1. The number of carbonyl (C=O) groups is 1. The molecule has 2 aromatic carbocycles. The summed E-state index contributed by atoms with van der Waals surface area (Å²) in [6.45, 7) is 3.89. The second-order valence-corrected chi connectivity index (χ2v) is 10.4. The minimum absolute atomic E-state index is 0.170. The van der Waals surface area contributed by atoms with Crippen LogP contribution in [0.25, 0.3) is 0 Å². The Morgan fingerprint density at radius 3 is 2.19 bits per heavy atom. The molecule has 5 nitrogen and oxygen atoms in total. The van der Waals surface area contributed by atoms with E-state index < -0.39 is 38.2 Å². The number of hydrogen-bond acceptors (Lipinski definition) is 4. The lowest BCUT2D eigenvalue weighted by atomic mass is 10.0. The Morgan fingerprint density at radius 2 is 1.67 bits per heavy atom. The number of aryl methyl sites for hydroxylation is 1. The summed E-state index contributed by atoms with van der Waals surface area (Å²) in [6.07, 6.45) is 3.83. The van der Waals surface area contributed by atoms with Gasteiger partial charge in [-0.2, -0.15) is 4.72 Å². The largest absolute Gasteiger partial charge is 0.462 e. The summed E-state index contributed by atoms with van der Waals surface area (Å²) in [5.41, 5.74) is 1.70. The molecular formula is C20H26NO4S2+. The first-order chi connectivity index (χ1) is 12.8. The maximum Gasteiger partial charge on any atom is 0.361 e. The predicted molar refractivity (Wildman–Crippen MR) is 110 cm³/mol. The van der Waals surface area contributed by atoms with Crippen molar-refractivity contribution in [2.45, 2.75) is 30.0 Å². The maximum absolute atomic E-state index is 13.0. The van der Waals surface area contributed by atoms with Crippen LogP contribution in [0.1, 0.15) is 24.1 Å². The van der Waals surface area contributed by atoms with Gasteiger partial charge in [0, 0.05) is 0 Å². The van der Waals surface area contributed by atoms with Gasteiger partial charge in [-0.3, -0.25) is 0 Å². The number of ether oxygens (including phenoxy) is 1. The van der Waals surface area contributed by atoms with Gasteiger partial charge in [0.15, 0.2) is 0 Å². The lowest BCUT2D eigenvalue weighted by molar-refractivity contribution is -0.143. The summed E-state index contributed by atoms with van der Waals surface area (Å²) in [5.74, 6) is -0.397. The topological polar surface area (TPSA) is 72.5 Å². The molecule has 0 aliphatic carbocycles. The first kappa shape index (κ1) is 21.5. The molecule has 27 heavy (non-hydrogen) atoms. The van der Waals surface area contributed by atoms with E-state index in [0.29, 0.717) is 0 Å². The predicted octanol–water partition coefficient (Wildman–Crippen LogP) is 2.82. The minimum atomic E-state index is -3.80. The highest BCUT2D eigenvalue weighted by Crippen LogP contribution is 2.26. The van der Waals surface area contributed by atoms with Crippen molar-refractivity contribution in [3.63, 3.8) is 0 Å². The number of sulfonamides is 1. The van der Waals surface area contributed by atoms with Gasteiger partial charge in [0.05, 0.1) is 24.0 Å². The van der Waals surface area contributed by atoms with Crippen LogP contribution in [0.3, 0.4) is 0 Å². The van der Waals surface area contributed by atoms with E-state index in [-0.39, 0.29) is 11.5 Å². The normalized spacial score (nSPS) is 14.0. The zero-order valence-electron chi connectivity index (χ0n) is 16.0. The van der Waals surface area contributed by atoms with Crippen LogP contribution in [0.15, 0.2) is 59.5 Å². The maximum atomic E-state index is 13.0. The van der Waals surface area contributed by atoms with Crippen molar-refractivity contribution in [2.75, 3.05) is 19.1 Å². The summed E-state index contributed by atoms with van der Waals surface area (Å²) >= 11 is 0. The van der Waals surface area contributed by atoms with Gasteiger partial charge in [-0.05, 0) is 42.4 Å². The van der Waals surface area contributed by atoms with Gasteiger partial charge in [0.2, 0.25) is 15.3 Å². The third kappa shape index (κ3) is 5.57. The number of carbonyl (C=O) groups excluding carboxylic acids is 1. The van der Waals surface area contributed by atoms with Gasteiger partial charge in [0.1, 0.15) is 6.04 Å². The van der Waals surface area contributed by atoms with Crippen LogP contribution in [0, 0.1) is 6.92 Å². The standard InChI is InChI=1S/C20H26NO4S2/c1-5-25-20(22)19(26(3)4)18(16-9-7-6-8-10-16)21-27(23,24)17-13-11-15(2)12-14-17/h6-14,18-19,21H,5H2,1-4H3/q+1/t18-,19-/m1/s1. The van der Waals surface area contributed by atoms with Crippen LogP contribution in [-0.2, 0) is 30.4 Å². The Labute approximate surface area is 164 Å². The molecule has 0 amide bonds. The molecular weight excluding hydrogens is 382 g/mol. The Morgan fingerprint density at radius 1 is 1.07 bits per heavy atom. The van der Waals surface area contributed by atoms with Crippen molar-refractivity contribution in [1.82, 2.24) is 4.72 Å². The molecule has 0 aliphatic rings. The van der Waals surface area contributed by atoms with Crippen LogP contribution in [0.5, 0.6) is 0 Å². The highest BCUT2D eigenvalue weighted by molar-refractivity contribution is 7.97. The molecule has 0 spiro atoms. The van der Waals surface area contributed by atoms with E-state index in [4.69, 9.17) is 4.74 Å². The second kappa shape index (κ2) is 9.39. The van der Waals surface area contributed by atoms with Crippen LogP contribution in [0.2, 0.25) is 0 Å². The lowest BCUT2D eigenvalue weighted by Crippen LogP contribution is -2.45.